The van der Waals surface area contributed by atoms with Gasteiger partial charge in [-0.15, -0.1) is 0 Å². The molecule has 2 heterocycles. The molecule has 0 amide bonds. The SMILES string of the molecule is Cc1nn(-c2ccccc2)cc1CN1CCN[C@H](C)C1. The number of rotatable bonds is 3. The highest BCUT2D eigenvalue weighted by Gasteiger charge is 2.17. The molecule has 1 aliphatic heterocycles. The van der Waals surface area contributed by atoms with Crippen LogP contribution in [0.2, 0.25) is 0 Å². The fourth-order valence-corrected chi connectivity index (χ4v) is 2.76. The zero-order valence-electron chi connectivity index (χ0n) is 12.2. The summed E-state index contributed by atoms with van der Waals surface area (Å²) in [5.74, 6) is 0. The van der Waals surface area contributed by atoms with E-state index < -0.39 is 0 Å². The molecule has 4 heteroatoms. The molecule has 0 unspecified atom stereocenters. The summed E-state index contributed by atoms with van der Waals surface area (Å²) >= 11 is 0. The van der Waals surface area contributed by atoms with Gasteiger partial charge in [-0.3, -0.25) is 4.90 Å². The Morgan fingerprint density at radius 1 is 1.30 bits per heavy atom. The predicted octanol–water partition coefficient (Wildman–Crippen LogP) is 1.97. The Morgan fingerprint density at radius 2 is 2.10 bits per heavy atom. The lowest BCUT2D eigenvalue weighted by Gasteiger charge is -2.31. The Morgan fingerprint density at radius 3 is 2.85 bits per heavy atom. The molecule has 0 spiro atoms. The van der Waals surface area contributed by atoms with Gasteiger partial charge in [0.1, 0.15) is 0 Å². The molecule has 3 rings (SSSR count). The van der Waals surface area contributed by atoms with Crippen molar-refractivity contribution in [2.45, 2.75) is 26.4 Å². The summed E-state index contributed by atoms with van der Waals surface area (Å²) < 4.78 is 1.98. The summed E-state index contributed by atoms with van der Waals surface area (Å²) in [6.45, 7) is 8.63. The van der Waals surface area contributed by atoms with Crippen molar-refractivity contribution in [2.24, 2.45) is 0 Å². The predicted molar refractivity (Wildman–Crippen MR) is 81.0 cm³/mol. The first kappa shape index (κ1) is 13.3. The molecule has 1 fully saturated rings. The molecule has 0 saturated carbocycles. The second-order valence-corrected chi connectivity index (χ2v) is 5.61. The molecule has 1 aromatic heterocycles. The molecule has 2 aromatic rings. The van der Waals surface area contributed by atoms with Crippen LogP contribution < -0.4 is 5.32 Å². The van der Waals surface area contributed by atoms with E-state index in [9.17, 15) is 0 Å². The van der Waals surface area contributed by atoms with E-state index in [1.807, 2.05) is 22.9 Å². The highest BCUT2D eigenvalue weighted by atomic mass is 15.3. The zero-order valence-corrected chi connectivity index (χ0v) is 12.2. The average Bonchev–Trinajstić information content (AvgIpc) is 2.81. The third-order valence-corrected chi connectivity index (χ3v) is 3.87. The van der Waals surface area contributed by atoms with Crippen molar-refractivity contribution in [3.05, 3.63) is 47.8 Å². The normalized spacial score (nSPS) is 20.2. The van der Waals surface area contributed by atoms with Crippen LogP contribution in [0.4, 0.5) is 0 Å². The fraction of sp³-hybridized carbons (Fsp3) is 0.438. The topological polar surface area (TPSA) is 33.1 Å². The number of piperazine rings is 1. The lowest BCUT2D eigenvalue weighted by atomic mass is 10.2. The van der Waals surface area contributed by atoms with Crippen LogP contribution >= 0.6 is 0 Å². The fourth-order valence-electron chi connectivity index (χ4n) is 2.76. The van der Waals surface area contributed by atoms with Gasteiger partial charge >= 0.3 is 0 Å². The van der Waals surface area contributed by atoms with Gasteiger partial charge in [-0.2, -0.15) is 5.10 Å². The van der Waals surface area contributed by atoms with Crippen molar-refractivity contribution in [3.63, 3.8) is 0 Å². The molecule has 0 aliphatic carbocycles. The van der Waals surface area contributed by atoms with Gasteiger partial charge in [0.2, 0.25) is 0 Å². The first-order chi connectivity index (χ1) is 9.72. The second-order valence-electron chi connectivity index (χ2n) is 5.61. The third-order valence-electron chi connectivity index (χ3n) is 3.87. The van der Waals surface area contributed by atoms with Crippen LogP contribution in [0.1, 0.15) is 18.2 Å². The van der Waals surface area contributed by atoms with Crippen molar-refractivity contribution < 1.29 is 0 Å². The number of nitrogens with one attached hydrogen (secondary N) is 1. The Labute approximate surface area is 120 Å². The summed E-state index contributed by atoms with van der Waals surface area (Å²) in [6.07, 6.45) is 2.16. The monoisotopic (exact) mass is 270 g/mol. The molecule has 106 valence electrons. The van der Waals surface area contributed by atoms with Gasteiger partial charge in [0.25, 0.3) is 0 Å². The van der Waals surface area contributed by atoms with Gasteiger partial charge in [0.15, 0.2) is 0 Å². The highest BCUT2D eigenvalue weighted by Crippen LogP contribution is 2.14. The van der Waals surface area contributed by atoms with E-state index in [0.29, 0.717) is 6.04 Å². The second kappa shape index (κ2) is 5.77. The van der Waals surface area contributed by atoms with Crippen molar-refractivity contribution in [3.8, 4) is 5.69 Å². The van der Waals surface area contributed by atoms with E-state index in [1.165, 1.54) is 5.56 Å². The Kier molecular flexibility index (Phi) is 3.85. The third kappa shape index (κ3) is 2.92. The van der Waals surface area contributed by atoms with Gasteiger partial charge in [-0.1, -0.05) is 18.2 Å². The van der Waals surface area contributed by atoms with Crippen LogP contribution in [-0.2, 0) is 6.54 Å². The summed E-state index contributed by atoms with van der Waals surface area (Å²) in [4.78, 5) is 2.50. The van der Waals surface area contributed by atoms with Crippen molar-refractivity contribution in [2.75, 3.05) is 19.6 Å². The molecule has 1 saturated heterocycles. The number of para-hydroxylation sites is 1. The van der Waals surface area contributed by atoms with Crippen LogP contribution in [0.3, 0.4) is 0 Å². The molecule has 0 bridgehead atoms. The molecule has 0 radical (unpaired) electrons. The first-order valence-corrected chi connectivity index (χ1v) is 7.28. The van der Waals surface area contributed by atoms with Gasteiger partial charge in [0, 0.05) is 44.0 Å². The van der Waals surface area contributed by atoms with Gasteiger partial charge in [0.05, 0.1) is 11.4 Å². The molecular formula is C16H22N4. The van der Waals surface area contributed by atoms with E-state index in [2.05, 4.69) is 47.5 Å². The van der Waals surface area contributed by atoms with Crippen LogP contribution in [0, 0.1) is 6.92 Å². The van der Waals surface area contributed by atoms with E-state index in [0.717, 1.165) is 37.6 Å². The number of nitrogens with zero attached hydrogens (tertiary/aromatic N) is 3. The smallest absolute Gasteiger partial charge is 0.0645 e. The molecule has 4 nitrogen and oxygen atoms in total. The van der Waals surface area contributed by atoms with Gasteiger partial charge in [-0.25, -0.2) is 4.68 Å². The number of hydrogen-bond acceptors (Lipinski definition) is 3. The van der Waals surface area contributed by atoms with E-state index in [4.69, 9.17) is 0 Å². The quantitative estimate of drug-likeness (QED) is 0.926. The molecule has 20 heavy (non-hydrogen) atoms. The van der Waals surface area contributed by atoms with E-state index in [-0.39, 0.29) is 0 Å². The summed E-state index contributed by atoms with van der Waals surface area (Å²) in [5.41, 5.74) is 3.57. The van der Waals surface area contributed by atoms with E-state index >= 15 is 0 Å². The minimum Gasteiger partial charge on any atom is -0.312 e. The summed E-state index contributed by atoms with van der Waals surface area (Å²) in [5, 5.41) is 8.12. The number of aryl methyl sites for hydroxylation is 1. The standard InChI is InChI=1S/C16H22N4/c1-13-10-19(9-8-17-13)11-15-12-20(18-14(15)2)16-6-4-3-5-7-16/h3-7,12-13,17H,8-11H2,1-2H3/t13-/m1/s1. The number of hydrogen-bond donors (Lipinski definition) is 1. The molecule has 1 N–H and O–H groups in total. The van der Waals surface area contributed by atoms with E-state index in [1.54, 1.807) is 0 Å². The van der Waals surface area contributed by atoms with Crippen molar-refractivity contribution in [1.29, 1.82) is 0 Å². The Bertz CT molecular complexity index is 561. The highest BCUT2D eigenvalue weighted by molar-refractivity contribution is 5.32. The summed E-state index contributed by atoms with van der Waals surface area (Å²) in [7, 11) is 0. The van der Waals surface area contributed by atoms with Gasteiger partial charge in [-0.05, 0) is 26.0 Å². The maximum Gasteiger partial charge on any atom is 0.0645 e. The molecule has 1 aliphatic rings. The van der Waals surface area contributed by atoms with Crippen LogP contribution in [0.15, 0.2) is 36.5 Å². The van der Waals surface area contributed by atoms with Gasteiger partial charge < -0.3 is 5.32 Å². The molecule has 1 atom stereocenters. The zero-order chi connectivity index (χ0) is 13.9. The summed E-state index contributed by atoms with van der Waals surface area (Å²) in [6, 6.07) is 10.9. The van der Waals surface area contributed by atoms with Crippen LogP contribution in [0.25, 0.3) is 5.69 Å². The number of benzene rings is 1. The average molecular weight is 270 g/mol. The van der Waals surface area contributed by atoms with Crippen molar-refractivity contribution >= 4 is 0 Å². The first-order valence-electron chi connectivity index (χ1n) is 7.28. The molecular weight excluding hydrogens is 248 g/mol. The largest absolute Gasteiger partial charge is 0.312 e. The van der Waals surface area contributed by atoms with Crippen molar-refractivity contribution in [1.82, 2.24) is 20.0 Å². The maximum absolute atomic E-state index is 4.64. The minimum absolute atomic E-state index is 0.577. The maximum atomic E-state index is 4.64. The van der Waals surface area contributed by atoms with Crippen LogP contribution in [-0.4, -0.2) is 40.4 Å². The van der Waals surface area contributed by atoms with Crippen LogP contribution in [0.5, 0.6) is 0 Å². The molecule has 1 aromatic carbocycles. The lowest BCUT2D eigenvalue weighted by Crippen LogP contribution is -2.48. The lowest BCUT2D eigenvalue weighted by molar-refractivity contribution is 0.199. The number of aromatic nitrogens is 2. The Balaban J connectivity index is 1.76. The minimum atomic E-state index is 0.577. The Hall–Kier alpha value is -1.65.